The Morgan fingerprint density at radius 3 is 2.80 bits per heavy atom. The minimum Gasteiger partial charge on any atom is -0.377 e. The molecule has 4 rings (SSSR count). The van der Waals surface area contributed by atoms with Crippen LogP contribution < -0.4 is 4.90 Å². The van der Waals surface area contributed by atoms with E-state index in [0.717, 1.165) is 60.6 Å². The molecule has 0 amide bonds. The Kier molecular flexibility index (Phi) is 4.57. The molecule has 5 heteroatoms. The number of hydrogen-bond donors (Lipinski definition) is 0. The van der Waals surface area contributed by atoms with Crippen LogP contribution in [0.5, 0.6) is 0 Å². The van der Waals surface area contributed by atoms with Crippen molar-refractivity contribution in [2.24, 2.45) is 0 Å². The summed E-state index contributed by atoms with van der Waals surface area (Å²) in [6, 6.07) is 12.1. The van der Waals surface area contributed by atoms with Crippen LogP contribution in [0, 0.1) is 0 Å². The monoisotopic (exact) mass is 334 g/mol. The van der Waals surface area contributed by atoms with Crippen LogP contribution in [0.15, 0.2) is 48.8 Å². The smallest absolute Gasteiger partial charge is 0.162 e. The summed E-state index contributed by atoms with van der Waals surface area (Å²) in [6.07, 6.45) is 6.06. The van der Waals surface area contributed by atoms with Crippen LogP contribution in [0.1, 0.15) is 19.8 Å². The molecule has 3 aromatic rings. The molecule has 0 saturated carbocycles. The maximum atomic E-state index is 5.87. The van der Waals surface area contributed by atoms with Crippen molar-refractivity contribution < 1.29 is 4.74 Å². The first-order valence-corrected chi connectivity index (χ1v) is 8.89. The van der Waals surface area contributed by atoms with Gasteiger partial charge in [0.15, 0.2) is 5.82 Å². The number of anilines is 1. The van der Waals surface area contributed by atoms with Crippen LogP contribution in [-0.2, 0) is 4.74 Å². The number of benzene rings is 1. The molecule has 1 atom stereocenters. The molecule has 1 fully saturated rings. The normalized spacial score (nSPS) is 17.8. The van der Waals surface area contributed by atoms with Crippen molar-refractivity contribution in [2.45, 2.75) is 25.9 Å². The maximum Gasteiger partial charge on any atom is 0.162 e. The van der Waals surface area contributed by atoms with Gasteiger partial charge in [-0.3, -0.25) is 4.98 Å². The fourth-order valence-electron chi connectivity index (χ4n) is 3.43. The molecule has 2 aromatic heterocycles. The van der Waals surface area contributed by atoms with Gasteiger partial charge in [0, 0.05) is 43.0 Å². The lowest BCUT2D eigenvalue weighted by Crippen LogP contribution is -2.40. The molecule has 0 bridgehead atoms. The number of fused-ring (bicyclic) bond motifs is 1. The highest BCUT2D eigenvalue weighted by Gasteiger charge is 2.23. The van der Waals surface area contributed by atoms with E-state index in [2.05, 4.69) is 28.9 Å². The molecule has 1 aliphatic rings. The second-order valence-corrected chi connectivity index (χ2v) is 6.29. The van der Waals surface area contributed by atoms with Crippen LogP contribution in [-0.4, -0.2) is 40.8 Å². The van der Waals surface area contributed by atoms with Crippen molar-refractivity contribution in [3.05, 3.63) is 48.8 Å². The lowest BCUT2D eigenvalue weighted by atomic mass is 10.1. The van der Waals surface area contributed by atoms with E-state index in [1.54, 1.807) is 12.4 Å². The molecule has 0 spiro atoms. The Morgan fingerprint density at radius 2 is 1.96 bits per heavy atom. The molecule has 1 unspecified atom stereocenters. The van der Waals surface area contributed by atoms with E-state index < -0.39 is 0 Å². The zero-order chi connectivity index (χ0) is 17.1. The molecule has 1 aliphatic heterocycles. The van der Waals surface area contributed by atoms with Gasteiger partial charge in [-0.1, -0.05) is 12.1 Å². The maximum absolute atomic E-state index is 5.87. The van der Waals surface area contributed by atoms with Gasteiger partial charge in [-0.25, -0.2) is 9.97 Å². The lowest BCUT2D eigenvalue weighted by Gasteiger charge is -2.34. The van der Waals surface area contributed by atoms with Gasteiger partial charge in [0.2, 0.25) is 0 Å². The molecule has 1 aromatic carbocycles. The van der Waals surface area contributed by atoms with E-state index in [9.17, 15) is 0 Å². The molecule has 0 radical (unpaired) electrons. The second kappa shape index (κ2) is 7.15. The van der Waals surface area contributed by atoms with Crippen molar-refractivity contribution in [3.63, 3.8) is 0 Å². The zero-order valence-corrected chi connectivity index (χ0v) is 14.4. The molecule has 1 saturated heterocycles. The van der Waals surface area contributed by atoms with Gasteiger partial charge in [-0.05, 0) is 44.0 Å². The number of para-hydroxylation sites is 1. The Labute approximate surface area is 147 Å². The number of rotatable bonds is 4. The third kappa shape index (κ3) is 3.33. The highest BCUT2D eigenvalue weighted by molar-refractivity contribution is 5.91. The van der Waals surface area contributed by atoms with Crippen LogP contribution >= 0.6 is 0 Å². The Hall–Kier alpha value is -2.53. The van der Waals surface area contributed by atoms with E-state index in [1.165, 1.54) is 0 Å². The van der Waals surface area contributed by atoms with Crippen molar-refractivity contribution in [2.75, 3.05) is 24.6 Å². The van der Waals surface area contributed by atoms with Gasteiger partial charge in [0.1, 0.15) is 5.82 Å². The summed E-state index contributed by atoms with van der Waals surface area (Å²) in [5.41, 5.74) is 1.96. The lowest BCUT2D eigenvalue weighted by molar-refractivity contribution is 0.0526. The first-order valence-electron chi connectivity index (χ1n) is 8.89. The van der Waals surface area contributed by atoms with Crippen molar-refractivity contribution in [1.29, 1.82) is 0 Å². The average molecular weight is 334 g/mol. The quantitative estimate of drug-likeness (QED) is 0.728. The molecule has 0 aliphatic carbocycles. The summed E-state index contributed by atoms with van der Waals surface area (Å²) in [7, 11) is 0. The van der Waals surface area contributed by atoms with Crippen molar-refractivity contribution in [1.82, 2.24) is 15.0 Å². The van der Waals surface area contributed by atoms with Gasteiger partial charge in [0.25, 0.3) is 0 Å². The van der Waals surface area contributed by atoms with Crippen LogP contribution in [0.3, 0.4) is 0 Å². The SMILES string of the molecule is CCOC1CCCN(c2nc(-c3ccncc3)nc3ccccc23)C1. The summed E-state index contributed by atoms with van der Waals surface area (Å²) < 4.78 is 5.87. The van der Waals surface area contributed by atoms with Crippen molar-refractivity contribution in [3.8, 4) is 11.4 Å². The van der Waals surface area contributed by atoms with Crippen LogP contribution in [0.4, 0.5) is 5.82 Å². The number of nitrogens with zero attached hydrogens (tertiary/aromatic N) is 4. The summed E-state index contributed by atoms with van der Waals surface area (Å²) in [5, 5.41) is 1.09. The summed E-state index contributed by atoms with van der Waals surface area (Å²) >= 11 is 0. The van der Waals surface area contributed by atoms with Gasteiger partial charge in [-0.15, -0.1) is 0 Å². The predicted molar refractivity (Wildman–Crippen MR) is 99.6 cm³/mol. The molecule has 0 N–H and O–H groups in total. The Balaban J connectivity index is 1.79. The minimum absolute atomic E-state index is 0.275. The van der Waals surface area contributed by atoms with E-state index in [0.29, 0.717) is 0 Å². The molecule has 128 valence electrons. The van der Waals surface area contributed by atoms with Gasteiger partial charge in [0.05, 0.1) is 11.6 Å². The van der Waals surface area contributed by atoms with Gasteiger partial charge >= 0.3 is 0 Å². The average Bonchev–Trinajstić information content (AvgIpc) is 2.68. The predicted octanol–water partition coefficient (Wildman–Crippen LogP) is 3.70. The summed E-state index contributed by atoms with van der Waals surface area (Å²) in [4.78, 5) is 16.1. The summed E-state index contributed by atoms with van der Waals surface area (Å²) in [6.45, 7) is 4.69. The Morgan fingerprint density at radius 1 is 1.12 bits per heavy atom. The molecule has 3 heterocycles. The van der Waals surface area contributed by atoms with Crippen LogP contribution in [0.25, 0.3) is 22.3 Å². The molecule has 25 heavy (non-hydrogen) atoms. The standard InChI is InChI=1S/C20H22N4O/c1-2-25-16-6-5-13-24(14-16)20-17-7-3-4-8-18(17)22-19(23-20)15-9-11-21-12-10-15/h3-4,7-12,16H,2,5-6,13-14H2,1H3. The number of aromatic nitrogens is 3. The van der Waals surface area contributed by atoms with E-state index in [4.69, 9.17) is 14.7 Å². The van der Waals surface area contributed by atoms with Crippen molar-refractivity contribution >= 4 is 16.7 Å². The molecular formula is C20H22N4O. The second-order valence-electron chi connectivity index (χ2n) is 6.29. The highest BCUT2D eigenvalue weighted by Crippen LogP contribution is 2.29. The van der Waals surface area contributed by atoms with Crippen LogP contribution in [0.2, 0.25) is 0 Å². The molecular weight excluding hydrogens is 312 g/mol. The van der Waals surface area contributed by atoms with E-state index in [1.807, 2.05) is 24.3 Å². The van der Waals surface area contributed by atoms with Gasteiger partial charge in [-0.2, -0.15) is 0 Å². The Bertz CT molecular complexity index is 851. The largest absolute Gasteiger partial charge is 0.377 e. The topological polar surface area (TPSA) is 51.1 Å². The fourth-order valence-corrected chi connectivity index (χ4v) is 3.43. The fraction of sp³-hybridized carbons (Fsp3) is 0.350. The third-order valence-corrected chi connectivity index (χ3v) is 4.60. The third-order valence-electron chi connectivity index (χ3n) is 4.60. The summed E-state index contributed by atoms with van der Waals surface area (Å²) in [5.74, 6) is 1.75. The van der Waals surface area contributed by atoms with Gasteiger partial charge < -0.3 is 9.64 Å². The van der Waals surface area contributed by atoms with E-state index >= 15 is 0 Å². The number of pyridine rings is 1. The number of ether oxygens (including phenoxy) is 1. The first-order chi connectivity index (χ1) is 12.3. The number of piperidine rings is 1. The first kappa shape index (κ1) is 16.0. The number of hydrogen-bond acceptors (Lipinski definition) is 5. The van der Waals surface area contributed by atoms with E-state index in [-0.39, 0.29) is 6.10 Å². The highest BCUT2D eigenvalue weighted by atomic mass is 16.5. The molecule has 5 nitrogen and oxygen atoms in total. The zero-order valence-electron chi connectivity index (χ0n) is 14.4. The minimum atomic E-state index is 0.275.